The number of methoxy groups -OCH3 is 1. The van der Waals surface area contributed by atoms with Crippen LogP contribution in [0.3, 0.4) is 0 Å². The maximum atomic E-state index is 13.9. The molecule has 12 nitrogen and oxygen atoms in total. The van der Waals surface area contributed by atoms with E-state index in [4.69, 9.17) is 9.26 Å². The van der Waals surface area contributed by atoms with Crippen molar-refractivity contribution < 1.29 is 22.6 Å². The molecule has 0 aliphatic heterocycles. The molecule has 0 radical (unpaired) electrons. The van der Waals surface area contributed by atoms with Crippen LogP contribution in [0.4, 0.5) is 5.69 Å². The maximum absolute atomic E-state index is 13.9. The van der Waals surface area contributed by atoms with Gasteiger partial charge in [0, 0.05) is 54.1 Å². The standard InChI is InChI=1S/C27H18N6O6S/c1-38-21-6-2-18(3-7-21)23-14-24(39-31-23)25-26(40(36,37)22-8-4-20(5-9-22)33(34)35)27-29-15-19(16-32(27)30-25)17-10-12-28-13-11-17/h2-16H,1H3. The maximum Gasteiger partial charge on any atom is 0.269 e. The number of ether oxygens (including phenoxy) is 1. The third-order valence-electron chi connectivity index (χ3n) is 6.20. The van der Waals surface area contributed by atoms with Gasteiger partial charge in [0.25, 0.3) is 5.69 Å². The first kappa shape index (κ1) is 24.9. The second-order valence-corrected chi connectivity index (χ2v) is 10.5. The summed E-state index contributed by atoms with van der Waals surface area (Å²) in [7, 11) is -2.70. The molecule has 0 aliphatic carbocycles. The summed E-state index contributed by atoms with van der Waals surface area (Å²) in [4.78, 5) is 18.6. The molecule has 4 heterocycles. The summed E-state index contributed by atoms with van der Waals surface area (Å²) in [5.41, 5.74) is 2.47. The van der Waals surface area contributed by atoms with Crippen LogP contribution in [0.5, 0.6) is 5.75 Å². The molecule has 0 N–H and O–H groups in total. The van der Waals surface area contributed by atoms with Crippen LogP contribution in [-0.2, 0) is 9.84 Å². The number of pyridine rings is 1. The van der Waals surface area contributed by atoms with E-state index in [9.17, 15) is 18.5 Å². The second kappa shape index (κ2) is 9.71. The van der Waals surface area contributed by atoms with Crippen LogP contribution < -0.4 is 4.74 Å². The Morgan fingerprint density at radius 2 is 1.68 bits per heavy atom. The number of hydrogen-bond acceptors (Lipinski definition) is 10. The Bertz CT molecular complexity index is 1970. The molecular formula is C27H18N6O6S. The van der Waals surface area contributed by atoms with Gasteiger partial charge in [0.05, 0.1) is 16.9 Å². The zero-order valence-electron chi connectivity index (χ0n) is 20.7. The minimum absolute atomic E-state index is 0.00927. The molecule has 4 aromatic heterocycles. The highest BCUT2D eigenvalue weighted by molar-refractivity contribution is 7.91. The third kappa shape index (κ3) is 4.33. The summed E-state index contributed by atoms with van der Waals surface area (Å²) in [5.74, 6) is 0.766. The van der Waals surface area contributed by atoms with Gasteiger partial charge in [-0.3, -0.25) is 15.1 Å². The Hall–Kier alpha value is -5.43. The van der Waals surface area contributed by atoms with E-state index in [0.29, 0.717) is 17.0 Å². The molecule has 0 amide bonds. The van der Waals surface area contributed by atoms with Crippen molar-refractivity contribution in [2.75, 3.05) is 7.11 Å². The molecule has 0 aliphatic rings. The average Bonchev–Trinajstić information content (AvgIpc) is 3.63. The lowest BCUT2D eigenvalue weighted by molar-refractivity contribution is -0.384. The Balaban J connectivity index is 1.53. The molecule has 13 heteroatoms. The topological polar surface area (TPSA) is 156 Å². The fraction of sp³-hybridized carbons (Fsp3) is 0.0370. The van der Waals surface area contributed by atoms with E-state index >= 15 is 0 Å². The van der Waals surface area contributed by atoms with Crippen LogP contribution in [0, 0.1) is 10.1 Å². The Kier molecular flexibility index (Phi) is 6.04. The van der Waals surface area contributed by atoms with Crippen molar-refractivity contribution in [3.8, 4) is 39.6 Å². The minimum Gasteiger partial charge on any atom is -0.497 e. The predicted octanol–water partition coefficient (Wildman–Crippen LogP) is 4.86. The molecule has 0 unspecified atom stereocenters. The number of hydrogen-bond donors (Lipinski definition) is 0. The number of non-ortho nitro benzene ring substituents is 1. The fourth-order valence-electron chi connectivity index (χ4n) is 4.17. The molecule has 2 aromatic carbocycles. The molecule has 198 valence electrons. The molecule has 6 rings (SSSR count). The lowest BCUT2D eigenvalue weighted by Crippen LogP contribution is -2.04. The molecule has 0 fully saturated rings. The van der Waals surface area contributed by atoms with E-state index in [1.165, 1.54) is 22.8 Å². The van der Waals surface area contributed by atoms with E-state index in [1.807, 2.05) is 0 Å². The first-order chi connectivity index (χ1) is 19.3. The number of fused-ring (bicyclic) bond motifs is 1. The van der Waals surface area contributed by atoms with Crippen molar-refractivity contribution in [2.24, 2.45) is 0 Å². The lowest BCUT2D eigenvalue weighted by Gasteiger charge is -2.05. The van der Waals surface area contributed by atoms with Crippen molar-refractivity contribution in [2.45, 2.75) is 9.79 Å². The summed E-state index contributed by atoms with van der Waals surface area (Å²) < 4.78 is 40.0. The molecule has 0 bridgehead atoms. The monoisotopic (exact) mass is 554 g/mol. The Morgan fingerprint density at radius 3 is 2.35 bits per heavy atom. The van der Waals surface area contributed by atoms with Gasteiger partial charge in [-0.05, 0) is 54.1 Å². The van der Waals surface area contributed by atoms with Crippen LogP contribution in [0.25, 0.3) is 39.5 Å². The lowest BCUT2D eigenvalue weighted by atomic mass is 10.1. The smallest absolute Gasteiger partial charge is 0.269 e. The van der Waals surface area contributed by atoms with Gasteiger partial charge >= 0.3 is 0 Å². The van der Waals surface area contributed by atoms with Gasteiger partial charge < -0.3 is 9.26 Å². The summed E-state index contributed by atoms with van der Waals surface area (Å²) in [5, 5.41) is 19.8. The predicted molar refractivity (Wildman–Crippen MR) is 142 cm³/mol. The van der Waals surface area contributed by atoms with Crippen LogP contribution in [0.1, 0.15) is 0 Å². The van der Waals surface area contributed by atoms with E-state index in [2.05, 4.69) is 20.2 Å². The normalized spacial score (nSPS) is 11.5. The molecule has 0 atom stereocenters. The second-order valence-electron chi connectivity index (χ2n) is 8.58. The number of aromatic nitrogens is 5. The van der Waals surface area contributed by atoms with Gasteiger partial charge in [-0.2, -0.15) is 5.10 Å². The van der Waals surface area contributed by atoms with E-state index in [0.717, 1.165) is 23.3 Å². The van der Waals surface area contributed by atoms with Crippen molar-refractivity contribution in [3.05, 3.63) is 102 Å². The van der Waals surface area contributed by atoms with Crippen LogP contribution in [0.2, 0.25) is 0 Å². The summed E-state index contributed by atoms with van der Waals surface area (Å²) in [6.45, 7) is 0. The first-order valence-electron chi connectivity index (χ1n) is 11.7. The summed E-state index contributed by atoms with van der Waals surface area (Å²) in [6.07, 6.45) is 6.45. The highest BCUT2D eigenvalue weighted by atomic mass is 32.2. The number of benzene rings is 2. The highest BCUT2D eigenvalue weighted by Crippen LogP contribution is 2.36. The number of sulfone groups is 1. The largest absolute Gasteiger partial charge is 0.497 e. The Morgan fingerprint density at radius 1 is 0.950 bits per heavy atom. The molecule has 0 saturated heterocycles. The van der Waals surface area contributed by atoms with Crippen LogP contribution in [0.15, 0.2) is 106 Å². The van der Waals surface area contributed by atoms with Gasteiger partial charge in [-0.15, -0.1) is 0 Å². The number of nitro groups is 1. The van der Waals surface area contributed by atoms with Gasteiger partial charge in [0.1, 0.15) is 16.3 Å². The molecule has 40 heavy (non-hydrogen) atoms. The van der Waals surface area contributed by atoms with E-state index in [-0.39, 0.29) is 32.6 Å². The minimum atomic E-state index is -4.27. The molecule has 0 spiro atoms. The van der Waals surface area contributed by atoms with E-state index < -0.39 is 14.8 Å². The average molecular weight is 555 g/mol. The molecule has 6 aromatic rings. The van der Waals surface area contributed by atoms with Gasteiger partial charge in [-0.25, -0.2) is 17.9 Å². The fourth-order valence-corrected chi connectivity index (χ4v) is 5.68. The zero-order valence-corrected chi connectivity index (χ0v) is 21.5. The molecular weight excluding hydrogens is 536 g/mol. The number of rotatable bonds is 7. The quantitative estimate of drug-likeness (QED) is 0.197. The Labute approximate surface area is 226 Å². The van der Waals surface area contributed by atoms with E-state index in [1.54, 1.807) is 68.2 Å². The van der Waals surface area contributed by atoms with Crippen molar-refractivity contribution in [1.29, 1.82) is 0 Å². The van der Waals surface area contributed by atoms with Gasteiger partial charge in [0.2, 0.25) is 9.84 Å². The van der Waals surface area contributed by atoms with Crippen molar-refractivity contribution in [3.63, 3.8) is 0 Å². The molecule has 0 saturated carbocycles. The summed E-state index contributed by atoms with van der Waals surface area (Å²) >= 11 is 0. The highest BCUT2D eigenvalue weighted by Gasteiger charge is 2.32. The van der Waals surface area contributed by atoms with Crippen LogP contribution >= 0.6 is 0 Å². The van der Waals surface area contributed by atoms with Crippen molar-refractivity contribution in [1.82, 2.24) is 24.7 Å². The SMILES string of the molecule is COc1ccc(-c2cc(-c3nn4cc(-c5ccncc5)cnc4c3S(=O)(=O)c3ccc([N+](=O)[O-])cc3)on2)cc1. The van der Waals surface area contributed by atoms with Crippen molar-refractivity contribution >= 4 is 21.2 Å². The zero-order chi connectivity index (χ0) is 27.9. The summed E-state index contributed by atoms with van der Waals surface area (Å²) in [6, 6.07) is 16.9. The first-order valence-corrected chi connectivity index (χ1v) is 13.2. The van der Waals surface area contributed by atoms with Gasteiger partial charge in [-0.1, -0.05) is 5.16 Å². The van der Waals surface area contributed by atoms with Gasteiger partial charge in [0.15, 0.2) is 17.1 Å². The van der Waals surface area contributed by atoms with Crippen LogP contribution in [-0.4, -0.2) is 45.2 Å². The number of nitro benzene ring substituents is 1. The number of nitrogens with zero attached hydrogens (tertiary/aromatic N) is 6. The third-order valence-corrected chi connectivity index (χ3v) is 8.01.